The second-order valence-electron chi connectivity index (χ2n) is 10.8. The number of carbonyl (C=O) groups excluding carboxylic acids is 1. The number of nitrogens with two attached hydrogens (primary N) is 1. The molecule has 43 heavy (non-hydrogen) atoms. The summed E-state index contributed by atoms with van der Waals surface area (Å²) in [7, 11) is 1.61. The molecule has 2 aromatic carbocycles. The molecule has 4 aromatic rings. The van der Waals surface area contributed by atoms with E-state index in [1.54, 1.807) is 42.4 Å². The van der Waals surface area contributed by atoms with Crippen LogP contribution in [-0.4, -0.2) is 68.3 Å². The van der Waals surface area contributed by atoms with E-state index in [1.807, 2.05) is 44.2 Å². The van der Waals surface area contributed by atoms with Crippen LogP contribution in [0.25, 0.3) is 16.9 Å². The number of nitrogens with zero attached hydrogens (tertiary/aromatic N) is 6. The first-order valence-corrected chi connectivity index (χ1v) is 14.0. The number of para-hydroxylation sites is 1. The highest BCUT2D eigenvalue weighted by Gasteiger charge is 2.36. The van der Waals surface area contributed by atoms with Crippen molar-refractivity contribution in [1.82, 2.24) is 29.3 Å². The molecule has 5 rings (SSSR count). The Hall–Kier alpha value is -4.99. The van der Waals surface area contributed by atoms with Gasteiger partial charge >= 0.3 is 5.69 Å². The predicted octanol–water partition coefficient (Wildman–Crippen LogP) is 3.02. The molecule has 3 N–H and O–H groups in total. The van der Waals surface area contributed by atoms with Crippen molar-refractivity contribution < 1.29 is 14.3 Å². The van der Waals surface area contributed by atoms with Crippen molar-refractivity contribution in [3.8, 4) is 23.3 Å². The molecule has 0 saturated carbocycles. The second-order valence-corrected chi connectivity index (χ2v) is 10.8. The molecule has 1 amide bonds. The van der Waals surface area contributed by atoms with E-state index in [0.29, 0.717) is 54.5 Å². The number of nitriles is 1. The van der Waals surface area contributed by atoms with Crippen LogP contribution in [0.4, 0.5) is 5.82 Å². The molecule has 1 aliphatic rings. The third kappa shape index (κ3) is 6.28. The first-order chi connectivity index (χ1) is 20.7. The highest BCUT2D eigenvalue weighted by atomic mass is 16.5. The fourth-order valence-corrected chi connectivity index (χ4v) is 5.09. The highest BCUT2D eigenvalue weighted by Crippen LogP contribution is 2.27. The summed E-state index contributed by atoms with van der Waals surface area (Å²) in [5.74, 6) is 1.09. The minimum absolute atomic E-state index is 0.0405. The first-order valence-electron chi connectivity index (χ1n) is 14.0. The summed E-state index contributed by atoms with van der Waals surface area (Å²) in [4.78, 5) is 37.4. The van der Waals surface area contributed by atoms with E-state index in [1.165, 1.54) is 15.5 Å². The first kappa shape index (κ1) is 29.5. The number of nitrogen functional groups attached to an aromatic ring is 1. The molecule has 0 bridgehead atoms. The maximum atomic E-state index is 13.9. The lowest BCUT2D eigenvalue weighted by molar-refractivity contribution is -0.134. The number of imidazole rings is 1. The van der Waals surface area contributed by atoms with Crippen molar-refractivity contribution >= 4 is 22.9 Å². The molecule has 3 heterocycles. The molecule has 0 radical (unpaired) electrons. The molecule has 2 aromatic heterocycles. The average molecular weight is 583 g/mol. The van der Waals surface area contributed by atoms with Gasteiger partial charge in [-0.3, -0.25) is 13.9 Å². The minimum Gasteiger partial charge on any atom is -0.457 e. The van der Waals surface area contributed by atoms with Crippen LogP contribution in [0.2, 0.25) is 0 Å². The number of aromatic nitrogens is 4. The normalized spacial score (nSPS) is 15.3. The Bertz CT molecular complexity index is 1740. The number of carbonyl (C=O) groups is 1. The molecular weight excluding hydrogens is 548 g/mol. The number of amides is 1. The van der Waals surface area contributed by atoms with Crippen LogP contribution >= 0.6 is 0 Å². The van der Waals surface area contributed by atoms with E-state index in [0.717, 1.165) is 0 Å². The summed E-state index contributed by atoms with van der Waals surface area (Å²) < 4.78 is 14.0. The van der Waals surface area contributed by atoms with Crippen molar-refractivity contribution in [2.75, 3.05) is 32.5 Å². The number of hydrogen-bond acceptors (Lipinski definition) is 9. The monoisotopic (exact) mass is 582 g/mol. The molecule has 0 unspecified atom stereocenters. The fraction of sp³-hybridized carbons (Fsp3) is 0.323. The zero-order chi connectivity index (χ0) is 30.6. The SMILES string of the molecule is COCCNC(C)(C)C=C(C#N)C(=O)N1CC[C@H]1Cn1c(=O)n(-c2ccc(Oc3ccccc3)cc2)c2c(N)ncnc21. The molecule has 1 saturated heterocycles. The van der Waals surface area contributed by atoms with E-state index < -0.39 is 5.54 Å². The Labute approximate surface area is 249 Å². The summed E-state index contributed by atoms with van der Waals surface area (Å²) in [6, 6.07) is 18.2. The maximum absolute atomic E-state index is 13.9. The van der Waals surface area contributed by atoms with E-state index in [4.69, 9.17) is 15.2 Å². The van der Waals surface area contributed by atoms with Crippen LogP contribution in [0.15, 0.2) is 77.4 Å². The van der Waals surface area contributed by atoms with Crippen molar-refractivity contribution in [3.05, 3.63) is 83.1 Å². The Morgan fingerprint density at radius 2 is 1.88 bits per heavy atom. The van der Waals surface area contributed by atoms with Gasteiger partial charge in [0.1, 0.15) is 35.0 Å². The Balaban J connectivity index is 1.41. The van der Waals surface area contributed by atoms with Gasteiger partial charge in [-0.25, -0.2) is 14.8 Å². The number of anilines is 1. The standard InChI is InChI=1S/C31H34N8O4/c1-31(2,36-14-16-42-3)17-21(18-32)29(40)37-15-13-23(37)19-38-28-26(27(33)34-20-35-28)39(30(38)41)22-9-11-25(12-10-22)43-24-7-5-4-6-8-24/h4-12,17,20,23,36H,13-16,19H2,1-3H3,(H2,33,34,35)/t23-/m0/s1. The number of ether oxygens (including phenoxy) is 2. The molecule has 12 nitrogen and oxygen atoms in total. The number of likely N-dealkylation sites (tertiary alicyclic amines) is 1. The van der Waals surface area contributed by atoms with Crippen LogP contribution in [-0.2, 0) is 16.1 Å². The molecule has 0 aliphatic carbocycles. The van der Waals surface area contributed by atoms with Crippen LogP contribution in [0, 0.1) is 11.3 Å². The second kappa shape index (κ2) is 12.5. The van der Waals surface area contributed by atoms with E-state index in [9.17, 15) is 14.9 Å². The lowest BCUT2D eigenvalue weighted by Crippen LogP contribution is -2.54. The smallest absolute Gasteiger partial charge is 0.335 e. The highest BCUT2D eigenvalue weighted by molar-refractivity contribution is 5.98. The number of benzene rings is 2. The van der Waals surface area contributed by atoms with Gasteiger partial charge in [0, 0.05) is 32.3 Å². The predicted molar refractivity (Wildman–Crippen MR) is 162 cm³/mol. The Morgan fingerprint density at radius 3 is 2.53 bits per heavy atom. The Kier molecular flexibility index (Phi) is 8.56. The van der Waals surface area contributed by atoms with Crippen LogP contribution < -0.4 is 21.5 Å². The Morgan fingerprint density at radius 1 is 1.16 bits per heavy atom. The van der Waals surface area contributed by atoms with Crippen molar-refractivity contribution in [2.24, 2.45) is 0 Å². The van der Waals surface area contributed by atoms with Crippen molar-refractivity contribution in [1.29, 1.82) is 5.26 Å². The van der Waals surface area contributed by atoms with E-state index in [-0.39, 0.29) is 35.6 Å². The summed E-state index contributed by atoms with van der Waals surface area (Å²) >= 11 is 0. The van der Waals surface area contributed by atoms with Gasteiger partial charge < -0.3 is 25.4 Å². The van der Waals surface area contributed by atoms with Crippen LogP contribution in [0.5, 0.6) is 11.5 Å². The maximum Gasteiger partial charge on any atom is 0.335 e. The van der Waals surface area contributed by atoms with Crippen LogP contribution in [0.3, 0.4) is 0 Å². The summed E-state index contributed by atoms with van der Waals surface area (Å²) in [5, 5.41) is 13.1. The minimum atomic E-state index is -0.597. The molecule has 12 heteroatoms. The molecule has 1 fully saturated rings. The van der Waals surface area contributed by atoms with Crippen LogP contribution in [0.1, 0.15) is 20.3 Å². The number of methoxy groups -OCH3 is 1. The molecule has 0 spiro atoms. The zero-order valence-electron chi connectivity index (χ0n) is 24.4. The van der Waals surface area contributed by atoms with Gasteiger partial charge in [0.05, 0.1) is 18.3 Å². The topological polar surface area (TPSA) is 153 Å². The average Bonchev–Trinajstić information content (AvgIpc) is 3.27. The molecule has 222 valence electrons. The van der Waals surface area contributed by atoms with Gasteiger partial charge in [-0.15, -0.1) is 0 Å². The van der Waals surface area contributed by atoms with E-state index in [2.05, 4.69) is 21.4 Å². The van der Waals surface area contributed by atoms with Gasteiger partial charge in [-0.2, -0.15) is 5.26 Å². The number of nitrogens with one attached hydrogen (secondary N) is 1. The van der Waals surface area contributed by atoms with Gasteiger partial charge in [-0.05, 0) is 62.7 Å². The molecule has 1 atom stereocenters. The van der Waals surface area contributed by atoms with Gasteiger partial charge in [0.25, 0.3) is 5.91 Å². The molecular formula is C31H34N8O4. The summed E-state index contributed by atoms with van der Waals surface area (Å²) in [6.07, 6.45) is 3.62. The molecule has 1 aliphatic heterocycles. The van der Waals surface area contributed by atoms with Crippen molar-refractivity contribution in [3.63, 3.8) is 0 Å². The van der Waals surface area contributed by atoms with Gasteiger partial charge in [-0.1, -0.05) is 18.2 Å². The number of fused-ring (bicyclic) bond motifs is 1. The lowest BCUT2D eigenvalue weighted by Gasteiger charge is -2.41. The third-order valence-electron chi connectivity index (χ3n) is 7.35. The number of rotatable bonds is 11. The third-order valence-corrected chi connectivity index (χ3v) is 7.35. The van der Waals surface area contributed by atoms with Gasteiger partial charge in [0.2, 0.25) is 0 Å². The summed E-state index contributed by atoms with van der Waals surface area (Å²) in [6.45, 7) is 5.52. The fourth-order valence-electron chi connectivity index (χ4n) is 5.09. The largest absolute Gasteiger partial charge is 0.457 e. The lowest BCUT2D eigenvalue weighted by atomic mass is 9.97. The zero-order valence-corrected chi connectivity index (χ0v) is 24.4. The van der Waals surface area contributed by atoms with E-state index >= 15 is 0 Å². The van der Waals surface area contributed by atoms with Gasteiger partial charge in [0.15, 0.2) is 11.5 Å². The number of hydrogen-bond donors (Lipinski definition) is 2. The summed E-state index contributed by atoms with van der Waals surface area (Å²) in [5.41, 5.74) is 6.64. The van der Waals surface area contributed by atoms with Crippen molar-refractivity contribution in [2.45, 2.75) is 38.4 Å². The quantitative estimate of drug-likeness (QED) is 0.154.